The third kappa shape index (κ3) is 2.57. The molecule has 0 N–H and O–H groups in total. The summed E-state index contributed by atoms with van der Waals surface area (Å²) in [6.07, 6.45) is 1.02. The molecule has 21 heavy (non-hydrogen) atoms. The van der Waals surface area contributed by atoms with Crippen LogP contribution in [0, 0.1) is 23.0 Å². The molecule has 0 bridgehead atoms. The summed E-state index contributed by atoms with van der Waals surface area (Å²) < 4.78 is 26.2. The van der Waals surface area contributed by atoms with Crippen LogP contribution in [0.3, 0.4) is 0 Å². The van der Waals surface area contributed by atoms with Gasteiger partial charge in [-0.2, -0.15) is 5.26 Å². The van der Waals surface area contributed by atoms with Crippen LogP contribution in [0.25, 0.3) is 17.2 Å². The molecule has 6 nitrogen and oxygen atoms in total. The lowest BCUT2D eigenvalue weighted by molar-refractivity contribution is 0.615. The number of hydrogen-bond acceptors (Lipinski definition) is 5. The van der Waals surface area contributed by atoms with E-state index in [1.54, 1.807) is 0 Å². The van der Waals surface area contributed by atoms with Crippen LogP contribution in [0.4, 0.5) is 8.78 Å². The van der Waals surface area contributed by atoms with Crippen LogP contribution in [0.2, 0.25) is 0 Å². The minimum atomic E-state index is -0.569. The summed E-state index contributed by atoms with van der Waals surface area (Å²) in [6, 6.07) is 8.19. The van der Waals surface area contributed by atoms with Crippen LogP contribution in [-0.4, -0.2) is 25.2 Å². The molecule has 1 aromatic carbocycles. The molecule has 3 rings (SSSR count). The van der Waals surface area contributed by atoms with Crippen molar-refractivity contribution in [2.45, 2.75) is 0 Å². The molecule has 0 spiro atoms. The summed E-state index contributed by atoms with van der Waals surface area (Å²) in [5.41, 5.74) is 0.473. The lowest BCUT2D eigenvalue weighted by Gasteiger charge is -1.97. The van der Waals surface area contributed by atoms with E-state index in [1.807, 2.05) is 6.07 Å². The zero-order valence-electron chi connectivity index (χ0n) is 10.4. The second-order valence-electron chi connectivity index (χ2n) is 4.08. The molecule has 2 heterocycles. The summed E-state index contributed by atoms with van der Waals surface area (Å²) in [5.74, 6) is -0.646. The van der Waals surface area contributed by atoms with Gasteiger partial charge in [0, 0.05) is 5.56 Å². The minimum Gasteiger partial charge on any atom is -0.232 e. The van der Waals surface area contributed by atoms with Gasteiger partial charge in [-0.05, 0) is 35.5 Å². The van der Waals surface area contributed by atoms with Crippen molar-refractivity contribution in [3.63, 3.8) is 0 Å². The van der Waals surface area contributed by atoms with Crippen LogP contribution < -0.4 is 0 Å². The van der Waals surface area contributed by atoms with Crippen LogP contribution in [0.15, 0.2) is 36.5 Å². The van der Waals surface area contributed by atoms with Gasteiger partial charge in [-0.25, -0.2) is 13.8 Å². The fourth-order valence-electron chi connectivity index (χ4n) is 1.70. The fraction of sp³-hybridized carbons (Fsp3) is 0. The topological polar surface area (TPSA) is 80.3 Å². The molecule has 0 radical (unpaired) electrons. The van der Waals surface area contributed by atoms with Gasteiger partial charge in [-0.3, -0.25) is 0 Å². The van der Waals surface area contributed by atoms with Gasteiger partial charge in [0.05, 0.1) is 17.8 Å². The van der Waals surface area contributed by atoms with E-state index in [9.17, 15) is 8.78 Å². The van der Waals surface area contributed by atoms with Gasteiger partial charge in [0.2, 0.25) is 5.82 Å². The van der Waals surface area contributed by atoms with E-state index in [0.29, 0.717) is 5.56 Å². The Hall–Kier alpha value is -3.21. The van der Waals surface area contributed by atoms with Crippen LogP contribution >= 0.6 is 0 Å². The zero-order valence-corrected chi connectivity index (χ0v) is 10.4. The third-order valence-corrected chi connectivity index (χ3v) is 2.62. The predicted molar refractivity (Wildman–Crippen MR) is 67.0 cm³/mol. The van der Waals surface area contributed by atoms with Gasteiger partial charge in [-0.1, -0.05) is 0 Å². The smallest absolute Gasteiger partial charge is 0.205 e. The second-order valence-corrected chi connectivity index (χ2v) is 4.08. The summed E-state index contributed by atoms with van der Waals surface area (Å²) in [6.45, 7) is 0. The molecular weight excluding hydrogens is 278 g/mol. The summed E-state index contributed by atoms with van der Waals surface area (Å²) in [7, 11) is 0. The van der Waals surface area contributed by atoms with Crippen molar-refractivity contribution < 1.29 is 8.78 Å². The molecule has 0 aliphatic heterocycles. The zero-order chi connectivity index (χ0) is 14.8. The Morgan fingerprint density at radius 3 is 2.67 bits per heavy atom. The lowest BCUT2D eigenvalue weighted by Crippen LogP contribution is -2.01. The maximum absolute atomic E-state index is 13.4. The van der Waals surface area contributed by atoms with Crippen molar-refractivity contribution in [1.82, 2.24) is 25.2 Å². The summed E-state index contributed by atoms with van der Waals surface area (Å²) in [5, 5.41) is 20.4. The predicted octanol–water partition coefficient (Wildman–Crippen LogP) is 1.87. The number of pyridine rings is 1. The SMILES string of the molecule is N#Cc1cc(F)cc(-c2nnn(-c3ccc(F)cn3)n2)c1. The molecular formula is C13H6F2N6. The van der Waals surface area contributed by atoms with Crippen molar-refractivity contribution in [2.75, 3.05) is 0 Å². The maximum atomic E-state index is 13.4. The number of aromatic nitrogens is 5. The Morgan fingerprint density at radius 2 is 1.95 bits per heavy atom. The Bertz CT molecular complexity index is 835. The molecule has 3 aromatic rings. The quantitative estimate of drug-likeness (QED) is 0.717. The Morgan fingerprint density at radius 1 is 1.10 bits per heavy atom. The number of nitriles is 1. The molecule has 0 fully saturated rings. The highest BCUT2D eigenvalue weighted by molar-refractivity contribution is 5.57. The molecule has 0 saturated heterocycles. The molecule has 0 amide bonds. The number of tetrazole rings is 1. The first-order chi connectivity index (χ1) is 10.2. The average molecular weight is 284 g/mol. The number of hydrogen-bond donors (Lipinski definition) is 0. The molecule has 0 aliphatic carbocycles. The molecule has 102 valence electrons. The average Bonchev–Trinajstić information content (AvgIpc) is 2.97. The molecule has 0 aliphatic rings. The lowest BCUT2D eigenvalue weighted by atomic mass is 10.1. The maximum Gasteiger partial charge on any atom is 0.205 e. The van der Waals surface area contributed by atoms with E-state index in [0.717, 1.165) is 17.1 Å². The molecule has 0 unspecified atom stereocenters. The van der Waals surface area contributed by atoms with Gasteiger partial charge >= 0.3 is 0 Å². The van der Waals surface area contributed by atoms with E-state index in [4.69, 9.17) is 5.26 Å². The van der Waals surface area contributed by atoms with Gasteiger partial charge in [0.1, 0.15) is 11.6 Å². The number of nitrogens with zero attached hydrogens (tertiary/aromatic N) is 6. The number of rotatable bonds is 2. The standard InChI is InChI=1S/C13H6F2N6/c14-10-1-2-12(17-7-10)21-19-13(18-20-21)9-3-8(6-16)4-11(15)5-9/h1-5,7H. The van der Waals surface area contributed by atoms with E-state index < -0.39 is 11.6 Å². The van der Waals surface area contributed by atoms with E-state index in [2.05, 4.69) is 20.4 Å². The molecule has 0 atom stereocenters. The Balaban J connectivity index is 2.00. The summed E-state index contributed by atoms with van der Waals surface area (Å²) in [4.78, 5) is 4.89. The first kappa shape index (κ1) is 12.8. The van der Waals surface area contributed by atoms with E-state index in [-0.39, 0.29) is 17.2 Å². The van der Waals surface area contributed by atoms with Crippen LogP contribution in [-0.2, 0) is 0 Å². The minimum absolute atomic E-state index is 0.136. The van der Waals surface area contributed by atoms with Crippen molar-refractivity contribution in [2.24, 2.45) is 0 Å². The number of benzene rings is 1. The first-order valence-electron chi connectivity index (χ1n) is 5.79. The van der Waals surface area contributed by atoms with Gasteiger partial charge in [-0.15, -0.1) is 15.0 Å². The van der Waals surface area contributed by atoms with Crippen LogP contribution in [0.1, 0.15) is 5.56 Å². The van der Waals surface area contributed by atoms with Crippen molar-refractivity contribution >= 4 is 0 Å². The van der Waals surface area contributed by atoms with E-state index in [1.165, 1.54) is 24.3 Å². The van der Waals surface area contributed by atoms with Crippen LogP contribution in [0.5, 0.6) is 0 Å². The Labute approximate surface area is 117 Å². The molecule has 0 saturated carbocycles. The number of halogens is 2. The largest absolute Gasteiger partial charge is 0.232 e. The van der Waals surface area contributed by atoms with Crippen molar-refractivity contribution in [1.29, 1.82) is 5.26 Å². The third-order valence-electron chi connectivity index (χ3n) is 2.62. The highest BCUT2D eigenvalue weighted by Gasteiger charge is 2.10. The van der Waals surface area contributed by atoms with Gasteiger partial charge in [0.25, 0.3) is 0 Å². The highest BCUT2D eigenvalue weighted by Crippen LogP contribution is 2.18. The normalized spacial score (nSPS) is 10.3. The monoisotopic (exact) mass is 284 g/mol. The van der Waals surface area contributed by atoms with Crippen molar-refractivity contribution in [3.8, 4) is 23.3 Å². The fourth-order valence-corrected chi connectivity index (χ4v) is 1.70. The van der Waals surface area contributed by atoms with E-state index >= 15 is 0 Å². The summed E-state index contributed by atoms with van der Waals surface area (Å²) >= 11 is 0. The highest BCUT2D eigenvalue weighted by atomic mass is 19.1. The molecule has 8 heteroatoms. The van der Waals surface area contributed by atoms with Gasteiger partial charge < -0.3 is 0 Å². The van der Waals surface area contributed by atoms with Crippen molar-refractivity contribution in [3.05, 3.63) is 53.7 Å². The first-order valence-corrected chi connectivity index (χ1v) is 5.79. The second kappa shape index (κ2) is 5.05. The molecule has 2 aromatic heterocycles. The Kier molecular flexibility index (Phi) is 3.08. The van der Waals surface area contributed by atoms with Gasteiger partial charge in [0.15, 0.2) is 5.82 Å².